The topological polar surface area (TPSA) is 188 Å². The molecule has 0 aromatic heterocycles. The average Bonchev–Trinajstić information content (AvgIpc) is 2.38. The van der Waals surface area contributed by atoms with Gasteiger partial charge >= 0.3 is 23.9 Å². The summed E-state index contributed by atoms with van der Waals surface area (Å²) in [7, 11) is 0. The highest BCUT2D eigenvalue weighted by Gasteiger charge is 2.23. The third-order valence-corrected chi connectivity index (χ3v) is 2.36. The lowest BCUT2D eigenvalue weighted by Gasteiger charge is -2.16. The lowest BCUT2D eigenvalue weighted by atomic mass is 10.2. The summed E-state index contributed by atoms with van der Waals surface area (Å²) in [4.78, 5) is 46.8. The summed E-state index contributed by atoms with van der Waals surface area (Å²) in [5.41, 5.74) is 0. The molecule has 2 unspecified atom stereocenters. The van der Waals surface area contributed by atoms with E-state index in [4.69, 9.17) is 15.3 Å². The van der Waals surface area contributed by atoms with Crippen LogP contribution in [0.15, 0.2) is 0 Å². The minimum atomic E-state index is -1.33. The zero-order valence-electron chi connectivity index (χ0n) is 10.9. The van der Waals surface area contributed by atoms with Crippen LogP contribution in [0, 0.1) is 0 Å². The van der Waals surface area contributed by atoms with Crippen LogP contribution in [-0.2, 0) is 24.0 Å². The molecule has 0 aliphatic heterocycles. The molecule has 0 bridgehead atoms. The quantitative estimate of drug-likeness (QED) is 0.173. The van der Waals surface area contributed by atoms with Crippen molar-refractivity contribution in [2.24, 2.45) is 5.90 Å². The molecule has 2 atom stereocenters. The van der Waals surface area contributed by atoms with Crippen molar-refractivity contribution in [1.82, 2.24) is 10.6 Å². The summed E-state index contributed by atoms with van der Waals surface area (Å²) >= 11 is 0. The van der Waals surface area contributed by atoms with Gasteiger partial charge < -0.3 is 30.8 Å². The molecule has 120 valence electrons. The summed E-state index contributed by atoms with van der Waals surface area (Å²) in [5.74, 6) is -0.181. The van der Waals surface area contributed by atoms with E-state index in [9.17, 15) is 19.2 Å². The molecule has 0 aromatic rings. The van der Waals surface area contributed by atoms with Gasteiger partial charge in [-0.15, -0.1) is 0 Å². The van der Waals surface area contributed by atoms with Crippen LogP contribution in [0.5, 0.6) is 0 Å². The van der Waals surface area contributed by atoms with Crippen molar-refractivity contribution >= 4 is 23.9 Å². The average molecular weight is 307 g/mol. The Morgan fingerprint density at radius 3 is 1.71 bits per heavy atom. The van der Waals surface area contributed by atoms with Crippen molar-refractivity contribution in [2.45, 2.75) is 24.9 Å². The maximum Gasteiger partial charge on any atom is 0.342 e. The molecular formula is C10H17N3O8. The maximum absolute atomic E-state index is 11.2. The van der Waals surface area contributed by atoms with Crippen LogP contribution in [0.1, 0.15) is 12.8 Å². The van der Waals surface area contributed by atoms with Crippen molar-refractivity contribution < 1.29 is 39.3 Å². The van der Waals surface area contributed by atoms with Gasteiger partial charge in [-0.3, -0.25) is 14.4 Å². The molecule has 11 nitrogen and oxygen atoms in total. The molecule has 11 heteroatoms. The molecule has 0 radical (unpaired) electrons. The van der Waals surface area contributed by atoms with E-state index in [0.29, 0.717) is 0 Å². The number of carboxylic acids is 3. The third-order valence-electron chi connectivity index (χ3n) is 2.36. The molecular weight excluding hydrogens is 290 g/mol. The Morgan fingerprint density at radius 1 is 0.905 bits per heavy atom. The number of aliphatic carboxylic acids is 3. The van der Waals surface area contributed by atoms with Crippen molar-refractivity contribution in [3.05, 3.63) is 0 Å². The summed E-state index contributed by atoms with van der Waals surface area (Å²) < 4.78 is 0. The highest BCUT2D eigenvalue weighted by atomic mass is 16.7. The lowest BCUT2D eigenvalue weighted by molar-refractivity contribution is -0.150. The Hall–Kier alpha value is -2.24. The highest BCUT2D eigenvalue weighted by molar-refractivity contribution is 5.82. The Labute approximate surface area is 119 Å². The first kappa shape index (κ1) is 18.8. The van der Waals surface area contributed by atoms with Gasteiger partial charge in [0.15, 0.2) is 0 Å². The van der Waals surface area contributed by atoms with Crippen LogP contribution in [0.2, 0.25) is 0 Å². The van der Waals surface area contributed by atoms with E-state index in [1.165, 1.54) is 0 Å². The second-order valence-corrected chi connectivity index (χ2v) is 3.98. The van der Waals surface area contributed by atoms with Crippen LogP contribution >= 0.6 is 0 Å². The molecule has 0 spiro atoms. The number of rotatable bonds is 11. The lowest BCUT2D eigenvalue weighted by Crippen LogP contribution is -2.46. The van der Waals surface area contributed by atoms with Crippen molar-refractivity contribution in [2.75, 3.05) is 13.1 Å². The predicted octanol–water partition coefficient (Wildman–Crippen LogP) is -2.65. The smallest absolute Gasteiger partial charge is 0.342 e. The number of carbonyl (C=O) groups is 4. The molecule has 0 rings (SSSR count). The summed E-state index contributed by atoms with van der Waals surface area (Å²) in [6.45, 7) is 0.00859. The number of carboxylic acid groups (broad SMARTS) is 3. The number of carbonyl (C=O) groups excluding carboxylic acids is 1. The standard InChI is InChI=1S/C10H17N3O8/c11-21-10(20)6(4-8(16)17)13-2-1-12-5(9(18)19)3-7(14)15/h5-6,12-13H,1-4,11H2,(H,14,15)(H,16,17)(H,18,19). The Balaban J connectivity index is 4.24. The summed E-state index contributed by atoms with van der Waals surface area (Å²) in [6.07, 6.45) is -1.17. The third kappa shape index (κ3) is 8.52. The Bertz CT molecular complexity index is 400. The largest absolute Gasteiger partial charge is 0.481 e. The number of hydrogen-bond acceptors (Lipinski definition) is 8. The van der Waals surface area contributed by atoms with Gasteiger partial charge in [-0.2, -0.15) is 5.90 Å². The zero-order chi connectivity index (χ0) is 16.4. The van der Waals surface area contributed by atoms with E-state index in [1.54, 1.807) is 0 Å². The fourth-order valence-electron chi connectivity index (χ4n) is 1.41. The minimum Gasteiger partial charge on any atom is -0.481 e. The minimum absolute atomic E-state index is 0.00177. The van der Waals surface area contributed by atoms with Gasteiger partial charge in [0.05, 0.1) is 12.8 Å². The van der Waals surface area contributed by atoms with Gasteiger partial charge in [0, 0.05) is 13.1 Å². The number of nitrogens with one attached hydrogen (secondary N) is 2. The van der Waals surface area contributed by atoms with E-state index in [1.807, 2.05) is 0 Å². The molecule has 0 saturated heterocycles. The van der Waals surface area contributed by atoms with E-state index in [-0.39, 0.29) is 13.1 Å². The van der Waals surface area contributed by atoms with Gasteiger partial charge in [-0.1, -0.05) is 0 Å². The molecule has 7 N–H and O–H groups in total. The predicted molar refractivity (Wildman–Crippen MR) is 66.0 cm³/mol. The van der Waals surface area contributed by atoms with Crippen LogP contribution in [0.4, 0.5) is 0 Å². The molecule has 0 aliphatic carbocycles. The molecule has 0 fully saturated rings. The van der Waals surface area contributed by atoms with E-state index >= 15 is 0 Å². The normalized spacial score (nSPS) is 13.2. The van der Waals surface area contributed by atoms with Crippen molar-refractivity contribution in [3.8, 4) is 0 Å². The van der Waals surface area contributed by atoms with Crippen LogP contribution in [0.3, 0.4) is 0 Å². The van der Waals surface area contributed by atoms with Crippen LogP contribution in [0.25, 0.3) is 0 Å². The molecule has 0 heterocycles. The number of hydrogen-bond donors (Lipinski definition) is 6. The zero-order valence-corrected chi connectivity index (χ0v) is 10.9. The van der Waals surface area contributed by atoms with E-state index in [0.717, 1.165) is 0 Å². The fourth-order valence-corrected chi connectivity index (χ4v) is 1.41. The first-order valence-corrected chi connectivity index (χ1v) is 5.81. The second-order valence-electron chi connectivity index (χ2n) is 3.98. The van der Waals surface area contributed by atoms with Gasteiger partial charge in [0.2, 0.25) is 0 Å². The van der Waals surface area contributed by atoms with Gasteiger partial charge in [0.25, 0.3) is 0 Å². The van der Waals surface area contributed by atoms with E-state index < -0.39 is 48.8 Å². The van der Waals surface area contributed by atoms with Gasteiger partial charge in [0.1, 0.15) is 12.1 Å². The van der Waals surface area contributed by atoms with Crippen molar-refractivity contribution in [3.63, 3.8) is 0 Å². The van der Waals surface area contributed by atoms with Gasteiger partial charge in [-0.25, -0.2) is 4.79 Å². The molecule has 0 amide bonds. The van der Waals surface area contributed by atoms with Crippen LogP contribution in [-0.4, -0.2) is 64.4 Å². The fraction of sp³-hybridized carbons (Fsp3) is 0.600. The first-order valence-electron chi connectivity index (χ1n) is 5.81. The molecule has 21 heavy (non-hydrogen) atoms. The van der Waals surface area contributed by atoms with Crippen LogP contribution < -0.4 is 16.5 Å². The first-order chi connectivity index (χ1) is 9.77. The Kier molecular flexibility index (Phi) is 8.60. The summed E-state index contributed by atoms with van der Waals surface area (Å²) in [6, 6.07) is -2.47. The molecule has 0 saturated carbocycles. The van der Waals surface area contributed by atoms with E-state index in [2.05, 4.69) is 21.4 Å². The number of nitrogens with two attached hydrogens (primary N) is 1. The van der Waals surface area contributed by atoms with Gasteiger partial charge in [-0.05, 0) is 0 Å². The monoisotopic (exact) mass is 307 g/mol. The highest BCUT2D eigenvalue weighted by Crippen LogP contribution is 1.95. The summed E-state index contributed by atoms with van der Waals surface area (Å²) in [5, 5.41) is 30.8. The maximum atomic E-state index is 11.2. The van der Waals surface area contributed by atoms with Crippen molar-refractivity contribution in [1.29, 1.82) is 0 Å². The SMILES string of the molecule is NOC(=O)C(CC(=O)O)NCCNC(CC(=O)O)C(=O)O. The molecule has 0 aromatic carbocycles. The Morgan fingerprint density at radius 2 is 1.33 bits per heavy atom. The second kappa shape index (κ2) is 9.63. The molecule has 0 aliphatic rings.